The van der Waals surface area contributed by atoms with Gasteiger partial charge in [0.25, 0.3) is 0 Å². The lowest BCUT2D eigenvalue weighted by molar-refractivity contribution is -0.141. The summed E-state index contributed by atoms with van der Waals surface area (Å²) in [4.78, 5) is 2.88. The molecule has 0 saturated heterocycles. The number of nitriles is 1. The van der Waals surface area contributed by atoms with Crippen molar-refractivity contribution in [2.24, 2.45) is 0 Å². The van der Waals surface area contributed by atoms with Crippen LogP contribution in [0.1, 0.15) is 16.8 Å². The van der Waals surface area contributed by atoms with Crippen LogP contribution in [0.4, 0.5) is 13.2 Å². The minimum atomic E-state index is -4.61. The molecule has 1 rings (SSSR count). The molecule has 0 aromatic carbocycles. The van der Waals surface area contributed by atoms with E-state index < -0.39 is 17.8 Å². The van der Waals surface area contributed by atoms with Gasteiger partial charge in [0.15, 0.2) is 0 Å². The molecular formula is C8H5F3N2O. The summed E-state index contributed by atoms with van der Waals surface area (Å²) in [6, 6.07) is 2.28. The maximum Gasteiger partial charge on any atom is 0.433 e. The summed E-state index contributed by atoms with van der Waals surface area (Å²) >= 11 is 0. The van der Waals surface area contributed by atoms with Crippen LogP contribution >= 0.6 is 0 Å². The van der Waals surface area contributed by atoms with Crippen molar-refractivity contribution in [3.8, 4) is 11.9 Å². The summed E-state index contributed by atoms with van der Waals surface area (Å²) in [6.07, 6.45) is -4.61. The maximum atomic E-state index is 12.1. The van der Waals surface area contributed by atoms with E-state index in [1.54, 1.807) is 6.07 Å². The number of aromatic hydroxyl groups is 1. The smallest absolute Gasteiger partial charge is 0.433 e. The quantitative estimate of drug-likeness (QED) is 0.699. The van der Waals surface area contributed by atoms with Gasteiger partial charge in [-0.2, -0.15) is 18.4 Å². The number of nitrogens with zero attached hydrogens (tertiary/aromatic N) is 2. The Labute approximate surface area is 77.4 Å². The average Bonchev–Trinajstić information content (AvgIpc) is 2.01. The largest absolute Gasteiger partial charge is 0.492 e. The Balaban J connectivity index is 3.37. The second kappa shape index (κ2) is 3.18. The number of rotatable bonds is 0. The SMILES string of the molecule is Cc1cc(C(F)(F)F)nc(O)c1C#N. The van der Waals surface area contributed by atoms with Gasteiger partial charge in [0.1, 0.15) is 17.3 Å². The average molecular weight is 202 g/mol. The zero-order valence-electron chi connectivity index (χ0n) is 7.05. The highest BCUT2D eigenvalue weighted by Crippen LogP contribution is 2.31. The fourth-order valence-corrected chi connectivity index (χ4v) is 0.939. The predicted molar refractivity (Wildman–Crippen MR) is 40.4 cm³/mol. The van der Waals surface area contributed by atoms with Crippen LogP contribution in [-0.4, -0.2) is 10.1 Å². The lowest BCUT2D eigenvalue weighted by Crippen LogP contribution is -2.09. The Morgan fingerprint density at radius 3 is 2.43 bits per heavy atom. The molecule has 0 radical (unpaired) electrons. The van der Waals surface area contributed by atoms with Gasteiger partial charge in [-0.05, 0) is 18.6 Å². The van der Waals surface area contributed by atoms with Crippen LogP contribution in [0.25, 0.3) is 0 Å². The lowest BCUT2D eigenvalue weighted by Gasteiger charge is -2.07. The van der Waals surface area contributed by atoms with Crippen LogP contribution in [0, 0.1) is 18.3 Å². The van der Waals surface area contributed by atoms with Crippen LogP contribution in [-0.2, 0) is 6.18 Å². The summed E-state index contributed by atoms with van der Waals surface area (Å²) in [5, 5.41) is 17.5. The molecule has 0 amide bonds. The van der Waals surface area contributed by atoms with Crippen LogP contribution in [0.5, 0.6) is 5.88 Å². The zero-order valence-corrected chi connectivity index (χ0v) is 7.05. The van der Waals surface area contributed by atoms with Crippen molar-refractivity contribution in [2.75, 3.05) is 0 Å². The van der Waals surface area contributed by atoms with Gasteiger partial charge in [0.05, 0.1) is 0 Å². The number of hydrogen-bond acceptors (Lipinski definition) is 3. The first-order valence-electron chi connectivity index (χ1n) is 3.54. The second-order valence-corrected chi connectivity index (χ2v) is 2.63. The van der Waals surface area contributed by atoms with Crippen LogP contribution in [0.3, 0.4) is 0 Å². The monoisotopic (exact) mass is 202 g/mol. The minimum absolute atomic E-state index is 0.0484. The first-order chi connectivity index (χ1) is 6.36. The van der Waals surface area contributed by atoms with E-state index in [0.29, 0.717) is 0 Å². The van der Waals surface area contributed by atoms with Crippen LogP contribution < -0.4 is 0 Å². The number of hydrogen-bond donors (Lipinski definition) is 1. The van der Waals surface area contributed by atoms with E-state index >= 15 is 0 Å². The molecule has 0 unspecified atom stereocenters. The third-order valence-electron chi connectivity index (χ3n) is 1.60. The fraction of sp³-hybridized carbons (Fsp3) is 0.250. The first kappa shape index (κ1) is 10.3. The van der Waals surface area contributed by atoms with E-state index in [1.165, 1.54) is 6.92 Å². The van der Waals surface area contributed by atoms with Gasteiger partial charge >= 0.3 is 6.18 Å². The van der Waals surface area contributed by atoms with Crippen molar-refractivity contribution in [3.05, 3.63) is 22.9 Å². The van der Waals surface area contributed by atoms with Crippen molar-refractivity contribution in [1.82, 2.24) is 4.98 Å². The molecule has 0 atom stereocenters. The molecule has 0 saturated carbocycles. The maximum absolute atomic E-state index is 12.1. The molecule has 0 aliphatic rings. The highest BCUT2D eigenvalue weighted by Gasteiger charge is 2.33. The Bertz CT molecular complexity index is 383. The van der Waals surface area contributed by atoms with E-state index in [4.69, 9.17) is 10.4 Å². The van der Waals surface area contributed by atoms with Crippen molar-refractivity contribution < 1.29 is 18.3 Å². The topological polar surface area (TPSA) is 56.9 Å². The predicted octanol–water partition coefficient (Wildman–Crippen LogP) is 1.99. The first-order valence-corrected chi connectivity index (χ1v) is 3.54. The van der Waals surface area contributed by atoms with Gasteiger partial charge in [-0.1, -0.05) is 0 Å². The number of halogens is 3. The zero-order chi connectivity index (χ0) is 10.9. The molecule has 1 aromatic rings. The molecule has 0 aliphatic heterocycles. The molecule has 1 N–H and O–H groups in total. The summed E-state index contributed by atoms with van der Waals surface area (Å²) in [5.74, 6) is -0.889. The minimum Gasteiger partial charge on any atom is -0.492 e. The van der Waals surface area contributed by atoms with E-state index in [1.807, 2.05) is 0 Å². The molecule has 0 fully saturated rings. The van der Waals surface area contributed by atoms with Crippen LogP contribution in [0.2, 0.25) is 0 Å². The summed E-state index contributed by atoms with van der Waals surface area (Å²) in [6.45, 7) is 1.30. The summed E-state index contributed by atoms with van der Waals surface area (Å²) in [5.41, 5.74) is -1.39. The van der Waals surface area contributed by atoms with Gasteiger partial charge in [0.2, 0.25) is 5.88 Å². The Hall–Kier alpha value is -1.77. The van der Waals surface area contributed by atoms with Gasteiger partial charge in [-0.3, -0.25) is 0 Å². The highest BCUT2D eigenvalue weighted by molar-refractivity contribution is 5.44. The summed E-state index contributed by atoms with van der Waals surface area (Å²) in [7, 11) is 0. The van der Waals surface area contributed by atoms with Gasteiger partial charge < -0.3 is 5.11 Å². The standard InChI is InChI=1S/C8H5F3N2O/c1-4-2-6(8(9,10)11)13-7(14)5(4)3-12/h2H,1H3,(H,13,14). The normalized spacial score (nSPS) is 11.1. The molecule has 6 heteroatoms. The van der Waals surface area contributed by atoms with Crippen molar-refractivity contribution >= 4 is 0 Å². The number of aromatic nitrogens is 1. The molecule has 0 bridgehead atoms. The van der Waals surface area contributed by atoms with Gasteiger partial charge in [0, 0.05) is 0 Å². The van der Waals surface area contributed by atoms with Crippen molar-refractivity contribution in [2.45, 2.75) is 13.1 Å². The fourth-order valence-electron chi connectivity index (χ4n) is 0.939. The van der Waals surface area contributed by atoms with Crippen molar-refractivity contribution in [3.63, 3.8) is 0 Å². The van der Waals surface area contributed by atoms with E-state index in [2.05, 4.69) is 4.98 Å². The highest BCUT2D eigenvalue weighted by atomic mass is 19.4. The molecular weight excluding hydrogens is 197 g/mol. The van der Waals surface area contributed by atoms with E-state index in [0.717, 1.165) is 6.07 Å². The molecule has 0 aliphatic carbocycles. The Morgan fingerprint density at radius 1 is 1.50 bits per heavy atom. The Kier molecular flexibility index (Phi) is 2.34. The van der Waals surface area contributed by atoms with E-state index in [-0.39, 0.29) is 11.1 Å². The van der Waals surface area contributed by atoms with Crippen LogP contribution in [0.15, 0.2) is 6.07 Å². The number of pyridine rings is 1. The molecule has 14 heavy (non-hydrogen) atoms. The number of aryl methyl sites for hydroxylation is 1. The third-order valence-corrected chi connectivity index (χ3v) is 1.60. The van der Waals surface area contributed by atoms with Crippen molar-refractivity contribution in [1.29, 1.82) is 5.26 Å². The van der Waals surface area contributed by atoms with E-state index in [9.17, 15) is 13.2 Å². The second-order valence-electron chi connectivity index (χ2n) is 2.63. The molecule has 74 valence electrons. The molecule has 3 nitrogen and oxygen atoms in total. The Morgan fingerprint density at radius 2 is 2.07 bits per heavy atom. The molecule has 1 heterocycles. The number of alkyl halides is 3. The van der Waals surface area contributed by atoms with Gasteiger partial charge in [-0.25, -0.2) is 4.98 Å². The lowest BCUT2D eigenvalue weighted by atomic mass is 10.1. The third kappa shape index (κ3) is 1.76. The van der Waals surface area contributed by atoms with Gasteiger partial charge in [-0.15, -0.1) is 0 Å². The summed E-state index contributed by atoms with van der Waals surface area (Å²) < 4.78 is 36.4. The molecule has 1 aromatic heterocycles. The molecule has 0 spiro atoms.